The van der Waals surface area contributed by atoms with Gasteiger partial charge in [-0.25, -0.2) is 0 Å². The van der Waals surface area contributed by atoms with Crippen LogP contribution in [0.1, 0.15) is 19.3 Å². The van der Waals surface area contributed by atoms with Gasteiger partial charge in [0, 0.05) is 18.2 Å². The lowest BCUT2D eigenvalue weighted by atomic mass is 9.85. The number of hydrogen-bond acceptors (Lipinski definition) is 4. The Morgan fingerprint density at radius 2 is 2.12 bits per heavy atom. The summed E-state index contributed by atoms with van der Waals surface area (Å²) in [5.41, 5.74) is 1.83. The number of allylic oxidation sites excluding steroid dienone is 1. The third-order valence-electron chi connectivity index (χ3n) is 3.97. The molecule has 90 valence electrons. The molecule has 0 N–H and O–H groups in total. The van der Waals surface area contributed by atoms with Crippen LogP contribution < -0.4 is 0 Å². The molecule has 0 radical (unpaired) electrons. The molecule has 0 saturated carbocycles. The Morgan fingerprint density at radius 1 is 1.35 bits per heavy atom. The van der Waals surface area contributed by atoms with E-state index in [1.807, 2.05) is 6.21 Å². The van der Waals surface area contributed by atoms with Gasteiger partial charge in [-0.3, -0.25) is 14.8 Å². The lowest BCUT2D eigenvalue weighted by molar-refractivity contribution is -0.109. The van der Waals surface area contributed by atoms with E-state index in [-0.39, 0.29) is 11.8 Å². The first-order chi connectivity index (χ1) is 8.25. The molecular weight excluding hydrogens is 214 g/mol. The lowest BCUT2D eigenvalue weighted by Crippen LogP contribution is -2.36. The van der Waals surface area contributed by atoms with Crippen molar-refractivity contribution in [3.63, 3.8) is 0 Å². The average molecular weight is 231 g/mol. The van der Waals surface area contributed by atoms with Gasteiger partial charge >= 0.3 is 0 Å². The molecule has 0 aromatic rings. The Bertz CT molecular complexity index is 428. The van der Waals surface area contributed by atoms with Crippen LogP contribution in [0.5, 0.6) is 0 Å². The van der Waals surface area contributed by atoms with E-state index in [0.29, 0.717) is 12.3 Å². The third-order valence-corrected chi connectivity index (χ3v) is 3.97. The smallest absolute Gasteiger partial charge is 0.201 e. The maximum absolute atomic E-state index is 11.7. The normalized spacial score (nSPS) is 30.2. The molecule has 3 aliphatic heterocycles. The molecule has 0 amide bonds. The molecule has 0 aromatic carbocycles. The summed E-state index contributed by atoms with van der Waals surface area (Å²) >= 11 is 0. The molecule has 0 aliphatic carbocycles. The number of nitrogens with zero attached hydrogens (tertiary/aromatic N) is 3. The van der Waals surface area contributed by atoms with Crippen LogP contribution in [0.3, 0.4) is 0 Å². The molecule has 1 saturated heterocycles. The first-order valence-electron chi connectivity index (χ1n) is 6.27. The summed E-state index contributed by atoms with van der Waals surface area (Å²) in [5.74, 6) is 0.609. The van der Waals surface area contributed by atoms with E-state index in [2.05, 4.69) is 21.9 Å². The van der Waals surface area contributed by atoms with Crippen molar-refractivity contribution in [2.75, 3.05) is 20.1 Å². The summed E-state index contributed by atoms with van der Waals surface area (Å²) in [4.78, 5) is 22.8. The van der Waals surface area contributed by atoms with Gasteiger partial charge in [0.25, 0.3) is 0 Å². The van der Waals surface area contributed by atoms with Gasteiger partial charge in [0.1, 0.15) is 0 Å². The van der Waals surface area contributed by atoms with E-state index in [1.54, 1.807) is 0 Å². The van der Waals surface area contributed by atoms with Crippen LogP contribution in [0, 0.1) is 5.92 Å². The zero-order valence-corrected chi connectivity index (χ0v) is 10.1. The van der Waals surface area contributed by atoms with E-state index in [0.717, 1.165) is 37.2 Å². The van der Waals surface area contributed by atoms with Gasteiger partial charge in [0.05, 0.1) is 18.0 Å². The highest BCUT2D eigenvalue weighted by molar-refractivity contribution is 6.37. The van der Waals surface area contributed by atoms with E-state index in [1.165, 1.54) is 6.21 Å². The fourth-order valence-corrected chi connectivity index (χ4v) is 2.89. The molecular formula is C13H17N3O. The van der Waals surface area contributed by atoms with Crippen LogP contribution in [0.4, 0.5) is 0 Å². The monoisotopic (exact) mass is 231 g/mol. The van der Waals surface area contributed by atoms with Crippen molar-refractivity contribution < 1.29 is 4.79 Å². The van der Waals surface area contributed by atoms with Gasteiger partial charge in [0.2, 0.25) is 5.78 Å². The van der Waals surface area contributed by atoms with Crippen molar-refractivity contribution >= 4 is 18.2 Å². The number of aliphatic imine (C=N–C) groups is 2. The Hall–Kier alpha value is -1.29. The number of carbonyl (C=O) groups is 1. The van der Waals surface area contributed by atoms with Crippen LogP contribution in [0.2, 0.25) is 0 Å². The number of Topliss-reactive ketones (excluding diaryl/α,β-unsaturated/α-hetero) is 1. The summed E-state index contributed by atoms with van der Waals surface area (Å²) < 4.78 is 0. The summed E-state index contributed by atoms with van der Waals surface area (Å²) in [6, 6.07) is 0.134. The molecule has 0 spiro atoms. The number of rotatable bonds is 1. The first-order valence-corrected chi connectivity index (χ1v) is 6.27. The van der Waals surface area contributed by atoms with Crippen molar-refractivity contribution in [2.45, 2.75) is 25.3 Å². The molecule has 3 heterocycles. The largest absolute Gasteiger partial charge is 0.306 e. The maximum atomic E-state index is 11.7. The Morgan fingerprint density at radius 3 is 2.88 bits per heavy atom. The van der Waals surface area contributed by atoms with Crippen molar-refractivity contribution in [1.82, 2.24) is 4.90 Å². The molecule has 3 aliphatic rings. The predicted molar refractivity (Wildman–Crippen MR) is 67.6 cm³/mol. The Labute approximate surface area is 101 Å². The summed E-state index contributed by atoms with van der Waals surface area (Å²) in [5, 5.41) is 0. The Kier molecular flexibility index (Phi) is 2.67. The zero-order valence-electron chi connectivity index (χ0n) is 10.1. The molecule has 0 bridgehead atoms. The van der Waals surface area contributed by atoms with Crippen LogP contribution in [-0.4, -0.2) is 49.3 Å². The number of dihydropyridines is 1. The van der Waals surface area contributed by atoms with Crippen LogP contribution in [0.25, 0.3) is 0 Å². The lowest BCUT2D eigenvalue weighted by Gasteiger charge is -2.33. The van der Waals surface area contributed by atoms with Gasteiger partial charge < -0.3 is 4.90 Å². The summed E-state index contributed by atoms with van der Waals surface area (Å²) in [6.45, 7) is 2.24. The topological polar surface area (TPSA) is 45.0 Å². The number of carbonyl (C=O) groups excluding carboxylic acids is 1. The molecule has 4 heteroatoms. The van der Waals surface area contributed by atoms with Crippen LogP contribution >= 0.6 is 0 Å². The fraction of sp³-hybridized carbons (Fsp3) is 0.615. The zero-order chi connectivity index (χ0) is 11.8. The summed E-state index contributed by atoms with van der Waals surface area (Å²) in [7, 11) is 2.16. The molecule has 4 nitrogen and oxygen atoms in total. The number of likely N-dealkylation sites (tertiary alicyclic amines) is 1. The highest BCUT2D eigenvalue weighted by atomic mass is 16.1. The molecule has 17 heavy (non-hydrogen) atoms. The number of piperidine rings is 1. The minimum absolute atomic E-state index is 0.0571. The second-order valence-electron chi connectivity index (χ2n) is 5.11. The molecule has 1 atom stereocenters. The Balaban J connectivity index is 1.81. The second kappa shape index (κ2) is 4.18. The van der Waals surface area contributed by atoms with E-state index >= 15 is 0 Å². The number of hydrogen-bond donors (Lipinski definition) is 0. The standard InChI is InChI=1S/C13H17N3O/c1-16-6-3-9(4-7-16)12-13-10(2-5-14-13)11(17)8-15-12/h5,8-9,12H,2-4,6-7H2,1H3. The van der Waals surface area contributed by atoms with Crippen molar-refractivity contribution in [1.29, 1.82) is 0 Å². The van der Waals surface area contributed by atoms with E-state index in [4.69, 9.17) is 0 Å². The van der Waals surface area contributed by atoms with Gasteiger partial charge in [0.15, 0.2) is 0 Å². The van der Waals surface area contributed by atoms with Crippen LogP contribution in [0.15, 0.2) is 21.3 Å². The van der Waals surface area contributed by atoms with Crippen LogP contribution in [-0.2, 0) is 4.79 Å². The minimum Gasteiger partial charge on any atom is -0.306 e. The summed E-state index contributed by atoms with van der Waals surface area (Å²) in [6.07, 6.45) is 6.36. The highest BCUT2D eigenvalue weighted by Crippen LogP contribution is 2.33. The second-order valence-corrected chi connectivity index (χ2v) is 5.11. The van der Waals surface area contributed by atoms with Gasteiger partial charge in [-0.2, -0.15) is 0 Å². The number of ketones is 1. The van der Waals surface area contributed by atoms with E-state index in [9.17, 15) is 4.79 Å². The van der Waals surface area contributed by atoms with Crippen molar-refractivity contribution in [3.05, 3.63) is 11.3 Å². The predicted octanol–water partition coefficient (Wildman–Crippen LogP) is 1.08. The first kappa shape index (κ1) is 10.8. The fourth-order valence-electron chi connectivity index (χ4n) is 2.89. The van der Waals surface area contributed by atoms with Gasteiger partial charge in [-0.15, -0.1) is 0 Å². The van der Waals surface area contributed by atoms with Gasteiger partial charge in [-0.1, -0.05) is 0 Å². The minimum atomic E-state index is 0.0571. The molecule has 0 aromatic heterocycles. The maximum Gasteiger partial charge on any atom is 0.201 e. The van der Waals surface area contributed by atoms with Crippen molar-refractivity contribution in [2.24, 2.45) is 15.9 Å². The van der Waals surface area contributed by atoms with E-state index < -0.39 is 0 Å². The van der Waals surface area contributed by atoms with Gasteiger partial charge in [-0.05, 0) is 38.9 Å². The molecule has 3 rings (SSSR count). The highest BCUT2D eigenvalue weighted by Gasteiger charge is 2.34. The molecule has 1 unspecified atom stereocenters. The average Bonchev–Trinajstić information content (AvgIpc) is 2.81. The SMILES string of the molecule is CN1CCC(C2N=CC(=O)C3=C2N=CC3)CC1. The van der Waals surface area contributed by atoms with Crippen molar-refractivity contribution in [3.8, 4) is 0 Å². The quantitative estimate of drug-likeness (QED) is 0.678. The third kappa shape index (κ3) is 1.86. The molecule has 1 fully saturated rings.